The normalized spacial score (nSPS) is 14.5. The lowest BCUT2D eigenvalue weighted by molar-refractivity contribution is -0.131. The second-order valence-corrected chi connectivity index (χ2v) is 5.99. The van der Waals surface area contributed by atoms with Crippen LogP contribution in [0.2, 0.25) is 0 Å². The van der Waals surface area contributed by atoms with Crippen LogP contribution < -0.4 is 10.6 Å². The quantitative estimate of drug-likeness (QED) is 0.655. The number of amides is 2. The summed E-state index contributed by atoms with van der Waals surface area (Å²) in [5.74, 6) is -0.709. The number of nitrogens with one attached hydrogen (secondary N) is 2. The number of carbonyl (C=O) groups excluding carboxylic acids is 3. The highest BCUT2D eigenvalue weighted by molar-refractivity contribution is 6.17. The monoisotopic (exact) mass is 322 g/mol. The van der Waals surface area contributed by atoms with Crippen LogP contribution in [0.4, 0.5) is 11.4 Å². The van der Waals surface area contributed by atoms with Gasteiger partial charge in [0.15, 0.2) is 5.78 Å². The van der Waals surface area contributed by atoms with Gasteiger partial charge in [-0.15, -0.1) is 0 Å². The van der Waals surface area contributed by atoms with Crippen LogP contribution in [0.25, 0.3) is 0 Å². The molecular formula is C19H18N2O3. The Bertz CT molecular complexity index is 795. The zero-order chi connectivity index (χ0) is 17.2. The Kier molecular flexibility index (Phi) is 4.16. The highest BCUT2D eigenvalue weighted by atomic mass is 16.2. The van der Waals surface area contributed by atoms with Gasteiger partial charge < -0.3 is 10.6 Å². The van der Waals surface area contributed by atoms with E-state index in [1.54, 1.807) is 36.4 Å². The lowest BCUT2D eigenvalue weighted by Crippen LogP contribution is -2.35. The number of benzene rings is 2. The standard InChI is InChI=1S/C19H18N2O3/c1-13(22)14-6-5-9-16(12-14)21-18(24)19(10-11-19)17(23)20-15-7-3-2-4-8-15/h2-9,12H,10-11H2,1H3,(H,20,23)(H,21,24). The first kappa shape index (κ1) is 15.9. The summed E-state index contributed by atoms with van der Waals surface area (Å²) in [5.41, 5.74) is 0.681. The van der Waals surface area contributed by atoms with E-state index in [0.717, 1.165) is 0 Å². The maximum Gasteiger partial charge on any atom is 0.240 e. The SMILES string of the molecule is CC(=O)c1cccc(NC(=O)C2(C(=O)Nc3ccccc3)CC2)c1. The summed E-state index contributed by atoms with van der Waals surface area (Å²) in [5, 5.41) is 5.54. The van der Waals surface area contributed by atoms with Crippen molar-refractivity contribution in [3.8, 4) is 0 Å². The molecule has 0 saturated heterocycles. The minimum Gasteiger partial charge on any atom is -0.325 e. The zero-order valence-electron chi connectivity index (χ0n) is 13.3. The predicted octanol–water partition coefficient (Wildman–Crippen LogP) is 3.25. The Morgan fingerprint density at radius 1 is 0.833 bits per heavy atom. The van der Waals surface area contributed by atoms with Crippen molar-refractivity contribution in [2.45, 2.75) is 19.8 Å². The maximum absolute atomic E-state index is 12.6. The van der Waals surface area contributed by atoms with Gasteiger partial charge >= 0.3 is 0 Å². The van der Waals surface area contributed by atoms with E-state index in [9.17, 15) is 14.4 Å². The lowest BCUT2D eigenvalue weighted by atomic mass is 10.0. The van der Waals surface area contributed by atoms with Crippen molar-refractivity contribution in [3.63, 3.8) is 0 Å². The van der Waals surface area contributed by atoms with Crippen molar-refractivity contribution >= 4 is 29.0 Å². The van der Waals surface area contributed by atoms with Crippen LogP contribution in [0, 0.1) is 5.41 Å². The van der Waals surface area contributed by atoms with Crippen LogP contribution in [0.1, 0.15) is 30.1 Å². The summed E-state index contributed by atoms with van der Waals surface area (Å²) in [6.07, 6.45) is 1.04. The Morgan fingerprint density at radius 3 is 2.00 bits per heavy atom. The molecule has 1 aliphatic carbocycles. The summed E-state index contributed by atoms with van der Waals surface area (Å²) in [7, 11) is 0. The van der Waals surface area contributed by atoms with E-state index in [1.807, 2.05) is 18.2 Å². The molecule has 0 unspecified atom stereocenters. The third kappa shape index (κ3) is 3.20. The minimum atomic E-state index is -1.03. The molecule has 2 aromatic carbocycles. The van der Waals surface area contributed by atoms with Crippen LogP contribution in [0.3, 0.4) is 0 Å². The molecule has 1 saturated carbocycles. The van der Waals surface area contributed by atoms with Gasteiger partial charge in [0.2, 0.25) is 11.8 Å². The summed E-state index contributed by atoms with van der Waals surface area (Å²) in [4.78, 5) is 36.5. The molecule has 0 aromatic heterocycles. The average Bonchev–Trinajstić information content (AvgIpc) is 3.38. The van der Waals surface area contributed by atoms with Gasteiger partial charge in [0.05, 0.1) is 0 Å². The smallest absolute Gasteiger partial charge is 0.240 e. The van der Waals surface area contributed by atoms with Gasteiger partial charge in [-0.3, -0.25) is 14.4 Å². The van der Waals surface area contributed by atoms with Crippen molar-refractivity contribution in [2.75, 3.05) is 10.6 Å². The number of carbonyl (C=O) groups is 3. The zero-order valence-corrected chi connectivity index (χ0v) is 13.3. The molecule has 0 heterocycles. The number of rotatable bonds is 5. The molecule has 0 spiro atoms. The predicted molar refractivity (Wildman–Crippen MR) is 91.8 cm³/mol. The molecule has 0 atom stereocenters. The number of ketones is 1. The van der Waals surface area contributed by atoms with Gasteiger partial charge in [0.1, 0.15) is 5.41 Å². The molecule has 1 aliphatic rings. The Morgan fingerprint density at radius 2 is 1.42 bits per heavy atom. The van der Waals surface area contributed by atoms with Crippen LogP contribution in [-0.4, -0.2) is 17.6 Å². The third-order valence-electron chi connectivity index (χ3n) is 4.18. The molecule has 0 radical (unpaired) electrons. The van der Waals surface area contributed by atoms with Crippen molar-refractivity contribution in [3.05, 3.63) is 60.2 Å². The first-order valence-corrected chi connectivity index (χ1v) is 7.80. The van der Waals surface area contributed by atoms with Crippen molar-refractivity contribution in [1.82, 2.24) is 0 Å². The second kappa shape index (κ2) is 6.28. The van der Waals surface area contributed by atoms with Crippen LogP contribution in [0.15, 0.2) is 54.6 Å². The lowest BCUT2D eigenvalue weighted by Gasteiger charge is -2.15. The topological polar surface area (TPSA) is 75.3 Å². The van der Waals surface area contributed by atoms with E-state index in [0.29, 0.717) is 29.8 Å². The summed E-state index contributed by atoms with van der Waals surface area (Å²) < 4.78 is 0. The number of anilines is 2. The minimum absolute atomic E-state index is 0.0749. The highest BCUT2D eigenvalue weighted by Gasteiger charge is 2.56. The molecule has 1 fully saturated rings. The largest absolute Gasteiger partial charge is 0.325 e. The van der Waals surface area contributed by atoms with Crippen molar-refractivity contribution < 1.29 is 14.4 Å². The van der Waals surface area contributed by atoms with Gasteiger partial charge in [-0.2, -0.15) is 0 Å². The summed E-state index contributed by atoms with van der Waals surface area (Å²) in [6, 6.07) is 15.8. The molecule has 24 heavy (non-hydrogen) atoms. The Hall–Kier alpha value is -2.95. The van der Waals surface area contributed by atoms with Gasteiger partial charge in [-0.25, -0.2) is 0 Å². The first-order valence-electron chi connectivity index (χ1n) is 7.80. The number of Topliss-reactive ketones (excluding diaryl/α,β-unsaturated/α-hetero) is 1. The molecule has 2 aromatic rings. The summed E-state index contributed by atoms with van der Waals surface area (Å²) >= 11 is 0. The molecule has 2 N–H and O–H groups in total. The van der Waals surface area contributed by atoms with E-state index < -0.39 is 5.41 Å². The van der Waals surface area contributed by atoms with Gasteiger partial charge in [-0.1, -0.05) is 30.3 Å². The van der Waals surface area contributed by atoms with Crippen molar-refractivity contribution in [1.29, 1.82) is 0 Å². The number of para-hydroxylation sites is 1. The van der Waals surface area contributed by atoms with E-state index in [-0.39, 0.29) is 17.6 Å². The fourth-order valence-electron chi connectivity index (χ4n) is 2.52. The average molecular weight is 322 g/mol. The molecule has 5 nitrogen and oxygen atoms in total. The van der Waals surface area contributed by atoms with E-state index in [1.165, 1.54) is 6.92 Å². The molecule has 0 bridgehead atoms. The Labute approximate surface area is 140 Å². The summed E-state index contributed by atoms with van der Waals surface area (Å²) in [6.45, 7) is 1.47. The fourth-order valence-corrected chi connectivity index (χ4v) is 2.52. The van der Waals surface area contributed by atoms with Gasteiger partial charge in [-0.05, 0) is 44.0 Å². The molecule has 0 aliphatic heterocycles. The second-order valence-electron chi connectivity index (χ2n) is 5.99. The van der Waals surface area contributed by atoms with Crippen LogP contribution in [-0.2, 0) is 9.59 Å². The molecule has 3 rings (SSSR count). The third-order valence-corrected chi connectivity index (χ3v) is 4.18. The molecular weight excluding hydrogens is 304 g/mol. The number of hydrogen-bond donors (Lipinski definition) is 2. The molecule has 122 valence electrons. The van der Waals surface area contributed by atoms with E-state index in [4.69, 9.17) is 0 Å². The molecule has 2 amide bonds. The first-order chi connectivity index (χ1) is 11.5. The van der Waals surface area contributed by atoms with E-state index in [2.05, 4.69) is 10.6 Å². The van der Waals surface area contributed by atoms with Crippen LogP contribution in [0.5, 0.6) is 0 Å². The van der Waals surface area contributed by atoms with Crippen LogP contribution >= 0.6 is 0 Å². The fraction of sp³-hybridized carbons (Fsp3) is 0.211. The van der Waals surface area contributed by atoms with Gasteiger partial charge in [0.25, 0.3) is 0 Å². The molecule has 5 heteroatoms. The number of hydrogen-bond acceptors (Lipinski definition) is 3. The maximum atomic E-state index is 12.6. The highest BCUT2D eigenvalue weighted by Crippen LogP contribution is 2.47. The van der Waals surface area contributed by atoms with Crippen molar-refractivity contribution in [2.24, 2.45) is 5.41 Å². The van der Waals surface area contributed by atoms with E-state index >= 15 is 0 Å². The Balaban J connectivity index is 1.71. The van der Waals surface area contributed by atoms with Gasteiger partial charge in [0, 0.05) is 16.9 Å².